The molecule has 0 spiro atoms. The van der Waals surface area contributed by atoms with Crippen LogP contribution in [0.1, 0.15) is 11.1 Å². The molecule has 1 N–H and O–H groups in total. The van der Waals surface area contributed by atoms with E-state index in [2.05, 4.69) is 5.32 Å². The summed E-state index contributed by atoms with van der Waals surface area (Å²) in [6, 6.07) is 9.69. The van der Waals surface area contributed by atoms with Crippen LogP contribution in [0, 0.1) is 10.1 Å². The summed E-state index contributed by atoms with van der Waals surface area (Å²) in [4.78, 5) is 21.8. The smallest absolute Gasteiger partial charge is 0.322 e. The van der Waals surface area contributed by atoms with Gasteiger partial charge in [-0.1, -0.05) is 18.2 Å². The lowest BCUT2D eigenvalue weighted by Gasteiger charge is -2.06. The molecule has 0 aromatic heterocycles. The van der Waals surface area contributed by atoms with Gasteiger partial charge >= 0.3 is 6.18 Å². The number of nitro benzene ring substituents is 1. The number of rotatable bonds is 4. The van der Waals surface area contributed by atoms with Crippen molar-refractivity contribution in [1.29, 1.82) is 0 Å². The van der Waals surface area contributed by atoms with E-state index in [1.165, 1.54) is 42.5 Å². The number of nitro groups is 1. The lowest BCUT2D eigenvalue weighted by atomic mass is 10.1. The fourth-order valence-electron chi connectivity index (χ4n) is 1.84. The van der Waals surface area contributed by atoms with Gasteiger partial charge in [0.25, 0.3) is 5.69 Å². The minimum absolute atomic E-state index is 0.167. The molecule has 2 aromatic carbocycles. The molecule has 124 valence electrons. The highest BCUT2D eigenvalue weighted by atomic mass is 19.4. The lowest BCUT2D eigenvalue weighted by Crippen LogP contribution is -2.08. The predicted octanol–water partition coefficient (Wildman–Crippen LogP) is 4.27. The second kappa shape index (κ2) is 6.95. The van der Waals surface area contributed by atoms with Crippen molar-refractivity contribution in [1.82, 2.24) is 0 Å². The number of halogens is 3. The van der Waals surface area contributed by atoms with Crippen molar-refractivity contribution >= 4 is 23.4 Å². The van der Waals surface area contributed by atoms with E-state index in [9.17, 15) is 28.1 Å². The Balaban J connectivity index is 2.03. The monoisotopic (exact) mass is 336 g/mol. The normalized spacial score (nSPS) is 11.5. The van der Waals surface area contributed by atoms with Gasteiger partial charge in [0.2, 0.25) is 5.91 Å². The Morgan fingerprint density at radius 3 is 2.38 bits per heavy atom. The molecule has 2 rings (SSSR count). The molecule has 0 saturated carbocycles. The van der Waals surface area contributed by atoms with Crippen LogP contribution < -0.4 is 5.32 Å². The highest BCUT2D eigenvalue weighted by Gasteiger charge is 2.29. The summed E-state index contributed by atoms with van der Waals surface area (Å²) in [6.45, 7) is 0. The second-order valence-electron chi connectivity index (χ2n) is 4.75. The summed E-state index contributed by atoms with van der Waals surface area (Å²) < 4.78 is 37.3. The average molecular weight is 336 g/mol. The van der Waals surface area contributed by atoms with Crippen molar-refractivity contribution < 1.29 is 22.9 Å². The van der Waals surface area contributed by atoms with Gasteiger partial charge in [0.15, 0.2) is 0 Å². The number of anilines is 1. The largest absolute Gasteiger partial charge is 0.416 e. The van der Waals surface area contributed by atoms with Gasteiger partial charge < -0.3 is 5.32 Å². The van der Waals surface area contributed by atoms with Gasteiger partial charge in [0, 0.05) is 23.9 Å². The van der Waals surface area contributed by atoms with Crippen LogP contribution in [0.25, 0.3) is 6.08 Å². The van der Waals surface area contributed by atoms with Crippen molar-refractivity contribution in [2.75, 3.05) is 5.32 Å². The van der Waals surface area contributed by atoms with E-state index in [4.69, 9.17) is 0 Å². The number of nitrogens with one attached hydrogen (secondary N) is 1. The molecule has 0 aliphatic heterocycles. The van der Waals surface area contributed by atoms with Crippen molar-refractivity contribution in [3.8, 4) is 0 Å². The van der Waals surface area contributed by atoms with E-state index < -0.39 is 22.6 Å². The number of non-ortho nitro benzene ring substituents is 1. The Bertz CT molecular complexity index is 784. The quantitative estimate of drug-likeness (QED) is 0.515. The van der Waals surface area contributed by atoms with Gasteiger partial charge in [-0.3, -0.25) is 14.9 Å². The maximum Gasteiger partial charge on any atom is 0.416 e. The van der Waals surface area contributed by atoms with E-state index in [1.54, 1.807) is 0 Å². The number of hydrogen-bond acceptors (Lipinski definition) is 3. The topological polar surface area (TPSA) is 72.2 Å². The Morgan fingerprint density at radius 1 is 1.12 bits per heavy atom. The number of amides is 1. The highest BCUT2D eigenvalue weighted by molar-refractivity contribution is 6.02. The minimum Gasteiger partial charge on any atom is -0.322 e. The minimum atomic E-state index is -4.42. The second-order valence-corrected chi connectivity index (χ2v) is 4.75. The van der Waals surface area contributed by atoms with Gasteiger partial charge in [-0.2, -0.15) is 13.2 Å². The molecule has 0 radical (unpaired) electrons. The van der Waals surface area contributed by atoms with Crippen LogP contribution in [0.3, 0.4) is 0 Å². The Kier molecular flexibility index (Phi) is 4.98. The molecule has 0 aliphatic carbocycles. The number of carbonyl (C=O) groups excluding carboxylic acids is 1. The highest BCUT2D eigenvalue weighted by Crippen LogP contribution is 2.29. The molecule has 0 heterocycles. The average Bonchev–Trinajstić information content (AvgIpc) is 2.53. The fourth-order valence-corrected chi connectivity index (χ4v) is 1.84. The standard InChI is InChI=1S/C16H11F3N2O3/c17-16(18,19)12-7-4-11(5-8-12)6-9-15(22)20-13-2-1-3-14(10-13)21(23)24/h1-10H,(H,20,22)/b9-6+. The van der Waals surface area contributed by atoms with Crippen molar-refractivity contribution in [3.63, 3.8) is 0 Å². The first-order valence-electron chi connectivity index (χ1n) is 6.66. The van der Waals surface area contributed by atoms with E-state index in [0.717, 1.165) is 18.2 Å². The zero-order valence-corrected chi connectivity index (χ0v) is 12.1. The number of benzene rings is 2. The van der Waals surface area contributed by atoms with Gasteiger partial charge in [-0.05, 0) is 29.8 Å². The number of alkyl halides is 3. The number of carbonyl (C=O) groups is 1. The van der Waals surface area contributed by atoms with Crippen LogP contribution in [0.4, 0.5) is 24.5 Å². The molecule has 0 unspecified atom stereocenters. The SMILES string of the molecule is O=C(/C=C/c1ccc(C(F)(F)F)cc1)Nc1cccc([N+](=O)[O-])c1. The molecule has 24 heavy (non-hydrogen) atoms. The van der Waals surface area contributed by atoms with Gasteiger partial charge in [-0.15, -0.1) is 0 Å². The molecule has 0 fully saturated rings. The maximum absolute atomic E-state index is 12.4. The zero-order valence-electron chi connectivity index (χ0n) is 12.1. The third-order valence-corrected chi connectivity index (χ3v) is 2.99. The molecule has 2 aromatic rings. The van der Waals surface area contributed by atoms with Crippen LogP contribution >= 0.6 is 0 Å². The number of nitrogens with zero attached hydrogens (tertiary/aromatic N) is 1. The maximum atomic E-state index is 12.4. The van der Waals surface area contributed by atoms with E-state index in [0.29, 0.717) is 5.56 Å². The van der Waals surface area contributed by atoms with Crippen LogP contribution in [0.5, 0.6) is 0 Å². The molecule has 8 heteroatoms. The summed E-state index contributed by atoms with van der Waals surface area (Å²) in [5, 5.41) is 13.1. The Hall–Kier alpha value is -3.16. The van der Waals surface area contributed by atoms with Crippen molar-refractivity contribution in [2.45, 2.75) is 6.18 Å². The molecule has 0 bridgehead atoms. The fraction of sp³-hybridized carbons (Fsp3) is 0.0625. The molecule has 0 atom stereocenters. The summed E-state index contributed by atoms with van der Waals surface area (Å²) in [5.74, 6) is -0.560. The number of hydrogen-bond donors (Lipinski definition) is 1. The summed E-state index contributed by atoms with van der Waals surface area (Å²) in [5.41, 5.74) is -0.288. The summed E-state index contributed by atoms with van der Waals surface area (Å²) >= 11 is 0. The zero-order chi connectivity index (χ0) is 17.7. The molecular formula is C16H11F3N2O3. The Morgan fingerprint density at radius 2 is 1.79 bits per heavy atom. The van der Waals surface area contributed by atoms with Crippen LogP contribution in [0.2, 0.25) is 0 Å². The molecule has 1 amide bonds. The first-order valence-corrected chi connectivity index (χ1v) is 6.66. The summed E-state index contributed by atoms with van der Waals surface area (Å²) in [7, 11) is 0. The van der Waals surface area contributed by atoms with Crippen molar-refractivity contribution in [3.05, 3.63) is 75.8 Å². The van der Waals surface area contributed by atoms with Gasteiger partial charge in [0.05, 0.1) is 10.5 Å². The molecule has 5 nitrogen and oxygen atoms in total. The summed E-state index contributed by atoms with van der Waals surface area (Å²) in [6.07, 6.45) is -1.95. The first-order chi connectivity index (χ1) is 11.3. The molecule has 0 saturated heterocycles. The van der Waals surface area contributed by atoms with Crippen LogP contribution in [-0.4, -0.2) is 10.8 Å². The molecular weight excluding hydrogens is 325 g/mol. The van der Waals surface area contributed by atoms with E-state index >= 15 is 0 Å². The predicted molar refractivity (Wildman–Crippen MR) is 82.2 cm³/mol. The molecule has 0 aliphatic rings. The van der Waals surface area contributed by atoms with E-state index in [-0.39, 0.29) is 11.4 Å². The van der Waals surface area contributed by atoms with E-state index in [1.807, 2.05) is 0 Å². The van der Waals surface area contributed by atoms with Crippen LogP contribution in [0.15, 0.2) is 54.6 Å². The Labute approximate surface area is 134 Å². The lowest BCUT2D eigenvalue weighted by molar-refractivity contribution is -0.384. The van der Waals surface area contributed by atoms with Gasteiger partial charge in [-0.25, -0.2) is 0 Å². The third kappa shape index (κ3) is 4.67. The van der Waals surface area contributed by atoms with Crippen LogP contribution in [-0.2, 0) is 11.0 Å². The van der Waals surface area contributed by atoms with Gasteiger partial charge in [0.1, 0.15) is 0 Å². The third-order valence-electron chi connectivity index (χ3n) is 2.99. The first kappa shape index (κ1) is 17.2. The van der Waals surface area contributed by atoms with Crippen molar-refractivity contribution in [2.24, 2.45) is 0 Å².